The summed E-state index contributed by atoms with van der Waals surface area (Å²) >= 11 is 0. The first-order valence-corrected chi connectivity index (χ1v) is 9.56. The van der Waals surface area contributed by atoms with Crippen LogP contribution in [-0.4, -0.2) is 56.1 Å². The van der Waals surface area contributed by atoms with Crippen LogP contribution in [0.3, 0.4) is 0 Å². The van der Waals surface area contributed by atoms with E-state index in [9.17, 15) is 28.7 Å². The first kappa shape index (κ1) is 15.6. The van der Waals surface area contributed by atoms with E-state index in [1.165, 1.54) is 0 Å². The van der Waals surface area contributed by atoms with Gasteiger partial charge in [-0.2, -0.15) is 0 Å². The molecule has 2 atom stereocenters. The Balaban J connectivity index is 2.52. The van der Waals surface area contributed by atoms with Crippen molar-refractivity contribution < 1.29 is 33.2 Å². The van der Waals surface area contributed by atoms with Gasteiger partial charge in [0, 0.05) is 5.92 Å². The predicted octanol–water partition coefficient (Wildman–Crippen LogP) is 0.544. The monoisotopic (exact) mass is 314 g/mol. The van der Waals surface area contributed by atoms with Crippen LogP contribution in [0, 0.1) is 11.8 Å². The van der Waals surface area contributed by atoms with Crippen LogP contribution in [0.5, 0.6) is 0 Å². The van der Waals surface area contributed by atoms with E-state index < -0.39 is 26.0 Å². The van der Waals surface area contributed by atoms with Crippen LogP contribution in [0.2, 0.25) is 0 Å². The number of hydrogen-bond acceptors (Lipinski definition) is 2. The van der Waals surface area contributed by atoms with Gasteiger partial charge in [0.15, 0.2) is 4.90 Å². The molecule has 0 radical (unpaired) electrons. The first-order valence-electron chi connectivity index (χ1n) is 6.34. The minimum Gasteiger partial charge on any atom is -0.328 e. The van der Waals surface area contributed by atoms with Crippen molar-refractivity contribution in [3.05, 3.63) is 0 Å². The number of rotatable bonds is 2. The summed E-state index contributed by atoms with van der Waals surface area (Å²) in [5, 5.41) is 0. The molecule has 1 saturated carbocycles. The summed E-state index contributed by atoms with van der Waals surface area (Å²) in [6.07, 6.45) is 1.16. The molecular formula is C10H22NO6P2+. The average molecular weight is 314 g/mol. The Morgan fingerprint density at radius 2 is 1.58 bits per heavy atom. The van der Waals surface area contributed by atoms with Gasteiger partial charge in [0.1, 0.15) is 0 Å². The number of nitrogens with zero attached hydrogens (tertiary/aromatic N) is 1. The Morgan fingerprint density at radius 1 is 1.05 bits per heavy atom. The fourth-order valence-corrected chi connectivity index (χ4v) is 7.48. The molecule has 19 heavy (non-hydrogen) atoms. The Labute approximate surface area is 112 Å². The lowest BCUT2D eigenvalue weighted by molar-refractivity contribution is -0.900. The molecule has 1 aliphatic carbocycles. The Kier molecular flexibility index (Phi) is 3.60. The number of hydrogen-bond donors (Lipinski definition) is 4. The SMILES string of the molecule is C[N+]1(C)CCC2CCC(P(=O)(O)O)(P(=O)(O)O)C2C1. The topological polar surface area (TPSA) is 115 Å². The van der Waals surface area contributed by atoms with Gasteiger partial charge < -0.3 is 24.1 Å². The van der Waals surface area contributed by atoms with E-state index >= 15 is 0 Å². The van der Waals surface area contributed by atoms with Crippen molar-refractivity contribution in [2.75, 3.05) is 27.2 Å². The van der Waals surface area contributed by atoms with Crippen molar-refractivity contribution in [3.63, 3.8) is 0 Å². The molecule has 0 aromatic heterocycles. The summed E-state index contributed by atoms with van der Waals surface area (Å²) < 4.78 is 24.3. The Bertz CT molecular complexity index is 445. The van der Waals surface area contributed by atoms with Crippen LogP contribution in [0.25, 0.3) is 0 Å². The Hall–Kier alpha value is 0.260. The van der Waals surface area contributed by atoms with E-state index in [4.69, 9.17) is 0 Å². The molecule has 9 heteroatoms. The van der Waals surface area contributed by atoms with E-state index in [1.54, 1.807) is 0 Å². The van der Waals surface area contributed by atoms with E-state index in [2.05, 4.69) is 0 Å². The molecule has 112 valence electrons. The quantitative estimate of drug-likeness (QED) is 0.437. The van der Waals surface area contributed by atoms with Crippen LogP contribution in [0.4, 0.5) is 0 Å². The van der Waals surface area contributed by atoms with Crippen LogP contribution < -0.4 is 0 Å². The molecule has 2 rings (SSSR count). The van der Waals surface area contributed by atoms with Crippen LogP contribution in [0.1, 0.15) is 19.3 Å². The van der Waals surface area contributed by atoms with Crippen molar-refractivity contribution >= 4 is 15.2 Å². The molecule has 4 N–H and O–H groups in total. The molecule has 1 saturated heterocycles. The van der Waals surface area contributed by atoms with E-state index in [0.717, 1.165) is 13.0 Å². The molecule has 0 bridgehead atoms. The summed E-state index contributed by atoms with van der Waals surface area (Å²) in [5.41, 5.74) is 0. The predicted molar refractivity (Wildman–Crippen MR) is 69.5 cm³/mol. The average Bonchev–Trinajstić information content (AvgIpc) is 2.53. The minimum absolute atomic E-state index is 0.00593. The van der Waals surface area contributed by atoms with Crippen molar-refractivity contribution in [2.45, 2.75) is 24.2 Å². The van der Waals surface area contributed by atoms with E-state index in [1.807, 2.05) is 14.1 Å². The van der Waals surface area contributed by atoms with Gasteiger partial charge in [-0.15, -0.1) is 0 Å². The third-order valence-electron chi connectivity index (χ3n) is 4.85. The largest absolute Gasteiger partial charge is 0.344 e. The zero-order chi connectivity index (χ0) is 14.7. The highest BCUT2D eigenvalue weighted by Gasteiger charge is 2.70. The van der Waals surface area contributed by atoms with Gasteiger partial charge in [-0.3, -0.25) is 9.13 Å². The molecule has 7 nitrogen and oxygen atoms in total. The number of fused-ring (bicyclic) bond motifs is 1. The maximum absolute atomic E-state index is 11.9. The maximum Gasteiger partial charge on any atom is 0.344 e. The zero-order valence-corrected chi connectivity index (χ0v) is 12.9. The molecule has 0 amide bonds. The molecule has 0 aromatic rings. The van der Waals surface area contributed by atoms with Crippen LogP contribution >= 0.6 is 15.2 Å². The second-order valence-corrected chi connectivity index (χ2v) is 10.6. The zero-order valence-electron chi connectivity index (χ0n) is 11.1. The number of quaternary nitrogens is 1. The van der Waals surface area contributed by atoms with Gasteiger partial charge in [0.25, 0.3) is 0 Å². The van der Waals surface area contributed by atoms with Crippen molar-refractivity contribution in [3.8, 4) is 0 Å². The fourth-order valence-electron chi connectivity index (χ4n) is 3.83. The van der Waals surface area contributed by atoms with E-state index in [-0.39, 0.29) is 12.3 Å². The highest BCUT2D eigenvalue weighted by atomic mass is 31.2. The minimum atomic E-state index is -4.88. The van der Waals surface area contributed by atoms with Gasteiger partial charge >= 0.3 is 15.2 Å². The highest BCUT2D eigenvalue weighted by molar-refractivity contribution is 7.72. The summed E-state index contributed by atoms with van der Waals surface area (Å²) in [5.74, 6) is -0.607. The maximum atomic E-state index is 11.9. The second kappa shape index (κ2) is 4.38. The molecule has 2 aliphatic rings. The molecule has 1 heterocycles. The van der Waals surface area contributed by atoms with Gasteiger partial charge in [0.05, 0.1) is 27.2 Å². The second-order valence-electron chi connectivity index (χ2n) is 6.50. The smallest absolute Gasteiger partial charge is 0.328 e. The normalized spacial score (nSPS) is 34.0. The molecule has 2 unspecified atom stereocenters. The van der Waals surface area contributed by atoms with E-state index in [0.29, 0.717) is 17.4 Å². The Morgan fingerprint density at radius 3 is 2.05 bits per heavy atom. The number of likely N-dealkylation sites (tertiary alicyclic amines) is 1. The third kappa shape index (κ3) is 2.36. The van der Waals surface area contributed by atoms with Crippen LogP contribution in [0.15, 0.2) is 0 Å². The fraction of sp³-hybridized carbons (Fsp3) is 1.00. The molecule has 0 aromatic carbocycles. The summed E-state index contributed by atoms with van der Waals surface area (Å²) in [7, 11) is -5.91. The summed E-state index contributed by atoms with van der Waals surface area (Å²) in [4.78, 5) is 36.3. The molecule has 0 spiro atoms. The van der Waals surface area contributed by atoms with Gasteiger partial charge in [-0.05, 0) is 25.2 Å². The summed E-state index contributed by atoms with van der Waals surface area (Å²) in [6.45, 7) is 1.28. The lowest BCUT2D eigenvalue weighted by atomic mass is 9.87. The lowest BCUT2D eigenvalue weighted by Crippen LogP contribution is -2.54. The molecule has 1 aliphatic heterocycles. The first-order chi connectivity index (χ1) is 8.41. The van der Waals surface area contributed by atoms with Gasteiger partial charge in [-0.1, -0.05) is 0 Å². The van der Waals surface area contributed by atoms with Gasteiger partial charge in [-0.25, -0.2) is 0 Å². The van der Waals surface area contributed by atoms with Crippen molar-refractivity contribution in [2.24, 2.45) is 11.8 Å². The van der Waals surface area contributed by atoms with Crippen molar-refractivity contribution in [1.29, 1.82) is 0 Å². The highest BCUT2D eigenvalue weighted by Crippen LogP contribution is 2.78. The molecule has 2 fully saturated rings. The summed E-state index contributed by atoms with van der Waals surface area (Å²) in [6, 6.07) is 0. The number of piperidine rings is 1. The molecular weight excluding hydrogens is 292 g/mol. The third-order valence-corrected chi connectivity index (χ3v) is 9.54. The van der Waals surface area contributed by atoms with Crippen molar-refractivity contribution in [1.82, 2.24) is 0 Å². The standard InChI is InChI=1S/C10H21NO6P2/c1-11(2)6-4-8-3-5-10(9(8)7-11,18(12,13)14)19(15,16)17/h8-9H,3-7H2,1-2H3,(H3-,12,13,14,15,16,17)/p+1. The lowest BCUT2D eigenvalue weighted by Gasteiger charge is -2.45. The van der Waals surface area contributed by atoms with Gasteiger partial charge in [0.2, 0.25) is 0 Å². The van der Waals surface area contributed by atoms with Crippen LogP contribution in [-0.2, 0) is 9.13 Å².